The number of aryl methyl sites for hydroxylation is 1. The summed E-state index contributed by atoms with van der Waals surface area (Å²) < 4.78 is 28.1. The van der Waals surface area contributed by atoms with Crippen LogP contribution in [-0.4, -0.2) is 32.3 Å². The summed E-state index contributed by atoms with van der Waals surface area (Å²) in [6.45, 7) is 3.16. The number of rotatable bonds is 4. The van der Waals surface area contributed by atoms with Crippen LogP contribution >= 0.6 is 11.6 Å². The smallest absolute Gasteiger partial charge is 0.263 e. The number of halogens is 1. The molecule has 5 nitrogen and oxygen atoms in total. The molecule has 0 aliphatic carbocycles. The van der Waals surface area contributed by atoms with Crippen LogP contribution in [0.25, 0.3) is 0 Å². The molecular formula is C18H19ClN2O3S. The van der Waals surface area contributed by atoms with Crippen LogP contribution in [0.5, 0.6) is 0 Å². The number of amides is 1. The molecule has 7 heteroatoms. The molecule has 1 heterocycles. The molecule has 1 aliphatic heterocycles. The number of benzene rings is 2. The number of anilines is 1. The molecule has 1 fully saturated rings. The molecule has 0 aromatic heterocycles. The van der Waals surface area contributed by atoms with E-state index in [1.54, 1.807) is 42.2 Å². The van der Waals surface area contributed by atoms with Crippen LogP contribution in [0.2, 0.25) is 5.02 Å². The zero-order valence-electron chi connectivity index (χ0n) is 13.8. The van der Waals surface area contributed by atoms with Crippen LogP contribution in [0.3, 0.4) is 0 Å². The molecule has 0 saturated carbocycles. The maximum atomic E-state index is 12.8. The summed E-state index contributed by atoms with van der Waals surface area (Å²) in [6, 6.07) is 11.4. The van der Waals surface area contributed by atoms with Gasteiger partial charge >= 0.3 is 0 Å². The second-order valence-electron chi connectivity index (χ2n) is 6.03. The average molecular weight is 379 g/mol. The SMILES string of the molecule is Cc1cccc(C(=O)N2CCCC2)c1NS(=O)(=O)c1ccccc1Cl. The second-order valence-corrected chi connectivity index (χ2v) is 8.09. The number of carbonyl (C=O) groups excluding carboxylic acids is 1. The number of carbonyl (C=O) groups is 1. The fourth-order valence-electron chi connectivity index (χ4n) is 2.92. The molecule has 0 bridgehead atoms. The molecule has 25 heavy (non-hydrogen) atoms. The minimum atomic E-state index is -3.90. The van der Waals surface area contributed by atoms with Gasteiger partial charge in [-0.15, -0.1) is 0 Å². The first kappa shape index (κ1) is 17.8. The first-order valence-corrected chi connectivity index (χ1v) is 9.92. The maximum Gasteiger partial charge on any atom is 0.263 e. The summed E-state index contributed by atoms with van der Waals surface area (Å²) in [6.07, 6.45) is 1.94. The summed E-state index contributed by atoms with van der Waals surface area (Å²) in [5.41, 5.74) is 1.34. The van der Waals surface area contributed by atoms with E-state index in [1.165, 1.54) is 12.1 Å². The van der Waals surface area contributed by atoms with Gasteiger partial charge in [0.15, 0.2) is 0 Å². The molecule has 1 amide bonds. The fourth-order valence-corrected chi connectivity index (χ4v) is 4.60. The number of nitrogens with one attached hydrogen (secondary N) is 1. The van der Waals surface area contributed by atoms with E-state index in [9.17, 15) is 13.2 Å². The van der Waals surface area contributed by atoms with Crippen molar-refractivity contribution in [2.45, 2.75) is 24.7 Å². The minimum absolute atomic E-state index is 0.0144. The molecule has 0 spiro atoms. The van der Waals surface area contributed by atoms with Crippen molar-refractivity contribution in [3.05, 3.63) is 58.6 Å². The molecular weight excluding hydrogens is 360 g/mol. The van der Waals surface area contributed by atoms with Gasteiger partial charge in [-0.25, -0.2) is 8.42 Å². The van der Waals surface area contributed by atoms with Crippen LogP contribution in [0.1, 0.15) is 28.8 Å². The van der Waals surface area contributed by atoms with Gasteiger partial charge in [0.25, 0.3) is 15.9 Å². The number of sulfonamides is 1. The molecule has 0 radical (unpaired) electrons. The molecule has 2 aromatic carbocycles. The Morgan fingerprint density at radius 2 is 1.76 bits per heavy atom. The highest BCUT2D eigenvalue weighted by Crippen LogP contribution is 2.28. The van der Waals surface area contributed by atoms with E-state index < -0.39 is 10.0 Å². The van der Waals surface area contributed by atoms with Gasteiger partial charge in [0.1, 0.15) is 4.90 Å². The number of hydrogen-bond donors (Lipinski definition) is 1. The molecule has 0 unspecified atom stereocenters. The van der Waals surface area contributed by atoms with Gasteiger partial charge in [-0.2, -0.15) is 0 Å². The summed E-state index contributed by atoms with van der Waals surface area (Å²) in [5, 5.41) is 0.135. The summed E-state index contributed by atoms with van der Waals surface area (Å²) in [5.74, 6) is -0.155. The predicted molar refractivity (Wildman–Crippen MR) is 98.6 cm³/mol. The van der Waals surface area contributed by atoms with Crippen molar-refractivity contribution in [2.75, 3.05) is 17.8 Å². The topological polar surface area (TPSA) is 66.5 Å². The molecule has 0 atom stereocenters. The molecule has 3 rings (SSSR count). The lowest BCUT2D eigenvalue weighted by atomic mass is 10.1. The molecule has 132 valence electrons. The van der Waals surface area contributed by atoms with E-state index in [-0.39, 0.29) is 15.8 Å². The van der Waals surface area contributed by atoms with Gasteiger partial charge in [0, 0.05) is 13.1 Å². The predicted octanol–water partition coefficient (Wildman–Crippen LogP) is 3.69. The van der Waals surface area contributed by atoms with E-state index >= 15 is 0 Å². The summed E-state index contributed by atoms with van der Waals surface area (Å²) in [4.78, 5) is 14.5. The Bertz CT molecular complexity index is 906. The minimum Gasteiger partial charge on any atom is -0.339 e. The number of likely N-dealkylation sites (tertiary alicyclic amines) is 1. The van der Waals surface area contributed by atoms with E-state index in [2.05, 4.69) is 4.72 Å². The average Bonchev–Trinajstić information content (AvgIpc) is 3.11. The largest absolute Gasteiger partial charge is 0.339 e. The first-order valence-electron chi connectivity index (χ1n) is 8.06. The normalized spacial score (nSPS) is 14.6. The number of para-hydroxylation sites is 1. The van der Waals surface area contributed by atoms with Crippen LogP contribution in [0, 0.1) is 6.92 Å². The Kier molecular flexibility index (Phi) is 5.01. The Hall–Kier alpha value is -2.05. The highest BCUT2D eigenvalue weighted by atomic mass is 35.5. The van der Waals surface area contributed by atoms with Crippen LogP contribution in [0.15, 0.2) is 47.4 Å². The van der Waals surface area contributed by atoms with Crippen LogP contribution in [0.4, 0.5) is 5.69 Å². The van der Waals surface area contributed by atoms with Gasteiger partial charge in [0.2, 0.25) is 0 Å². The van der Waals surface area contributed by atoms with Gasteiger partial charge in [-0.3, -0.25) is 9.52 Å². The van der Waals surface area contributed by atoms with Crippen LogP contribution < -0.4 is 4.72 Å². The first-order chi connectivity index (χ1) is 11.9. The van der Waals surface area contributed by atoms with Crippen molar-refractivity contribution in [3.63, 3.8) is 0 Å². The number of hydrogen-bond acceptors (Lipinski definition) is 3. The molecule has 1 saturated heterocycles. The van der Waals surface area contributed by atoms with Crippen LogP contribution in [-0.2, 0) is 10.0 Å². The lowest BCUT2D eigenvalue weighted by molar-refractivity contribution is 0.0794. The van der Waals surface area contributed by atoms with E-state index in [1.807, 2.05) is 0 Å². The Labute approximate surface area is 152 Å². The second kappa shape index (κ2) is 7.06. The molecule has 1 aliphatic rings. The lowest BCUT2D eigenvalue weighted by Gasteiger charge is -2.20. The Morgan fingerprint density at radius 1 is 1.08 bits per heavy atom. The summed E-state index contributed by atoms with van der Waals surface area (Å²) in [7, 11) is -3.90. The standard InChI is InChI=1S/C18H19ClN2O3S/c1-13-7-6-8-14(18(22)21-11-4-5-12-21)17(13)20-25(23,24)16-10-3-2-9-15(16)19/h2-3,6-10,20H,4-5,11-12H2,1H3. The van der Waals surface area contributed by atoms with E-state index in [4.69, 9.17) is 11.6 Å². The highest BCUT2D eigenvalue weighted by Gasteiger charge is 2.25. The monoisotopic (exact) mass is 378 g/mol. The van der Waals surface area contributed by atoms with Crippen molar-refractivity contribution in [1.82, 2.24) is 4.90 Å². The third kappa shape index (κ3) is 3.65. The zero-order chi connectivity index (χ0) is 18.0. The van der Waals surface area contributed by atoms with Crippen molar-refractivity contribution in [3.8, 4) is 0 Å². The van der Waals surface area contributed by atoms with Crippen molar-refractivity contribution >= 4 is 33.2 Å². The van der Waals surface area contributed by atoms with Gasteiger partial charge in [-0.1, -0.05) is 35.9 Å². The fraction of sp³-hybridized carbons (Fsp3) is 0.278. The van der Waals surface area contributed by atoms with E-state index in [0.717, 1.165) is 12.8 Å². The molecule has 2 aromatic rings. The van der Waals surface area contributed by atoms with Gasteiger partial charge in [0.05, 0.1) is 16.3 Å². The van der Waals surface area contributed by atoms with Gasteiger partial charge in [-0.05, 0) is 43.5 Å². The molecule has 1 N–H and O–H groups in total. The highest BCUT2D eigenvalue weighted by molar-refractivity contribution is 7.92. The zero-order valence-corrected chi connectivity index (χ0v) is 15.4. The van der Waals surface area contributed by atoms with E-state index in [0.29, 0.717) is 29.9 Å². The van der Waals surface area contributed by atoms with Gasteiger partial charge < -0.3 is 4.90 Å². The maximum absolute atomic E-state index is 12.8. The third-order valence-electron chi connectivity index (χ3n) is 4.26. The quantitative estimate of drug-likeness (QED) is 0.882. The van der Waals surface area contributed by atoms with Crippen molar-refractivity contribution < 1.29 is 13.2 Å². The summed E-state index contributed by atoms with van der Waals surface area (Å²) >= 11 is 6.03. The van der Waals surface area contributed by atoms with Crippen molar-refractivity contribution in [1.29, 1.82) is 0 Å². The Morgan fingerprint density at radius 3 is 2.44 bits per heavy atom. The lowest BCUT2D eigenvalue weighted by Crippen LogP contribution is -2.29. The van der Waals surface area contributed by atoms with Crippen molar-refractivity contribution in [2.24, 2.45) is 0 Å². The third-order valence-corrected chi connectivity index (χ3v) is 6.11. The Balaban J connectivity index is 2.00. The number of nitrogens with zero attached hydrogens (tertiary/aromatic N) is 1.